The fraction of sp³-hybridized carbons (Fsp3) is 0.875. The predicted molar refractivity (Wildman–Crippen MR) is 86.4 cm³/mol. The molecule has 2 N–H and O–H groups in total. The van der Waals surface area contributed by atoms with Gasteiger partial charge in [-0.2, -0.15) is 0 Å². The number of carbonyl (C=O) groups is 1. The predicted octanol–water partition coefficient (Wildman–Crippen LogP) is 1.89. The Balaban J connectivity index is 1.71. The normalized spacial score (nSPS) is 20.6. The molecule has 1 aliphatic carbocycles. The molecule has 0 aromatic carbocycles. The molecule has 1 amide bonds. The van der Waals surface area contributed by atoms with Crippen LogP contribution in [0, 0.1) is 0 Å². The van der Waals surface area contributed by atoms with Crippen LogP contribution in [-0.4, -0.2) is 49.0 Å². The van der Waals surface area contributed by atoms with Gasteiger partial charge in [0, 0.05) is 32.1 Å². The lowest BCUT2D eigenvalue weighted by Gasteiger charge is -2.23. The molecule has 0 bridgehead atoms. The molecule has 2 aliphatic rings. The van der Waals surface area contributed by atoms with Crippen molar-refractivity contribution in [2.75, 3.05) is 26.2 Å². The molecule has 0 spiro atoms. The van der Waals surface area contributed by atoms with Crippen molar-refractivity contribution in [3.05, 3.63) is 0 Å². The lowest BCUT2D eigenvalue weighted by molar-refractivity contribution is -0.121. The number of likely N-dealkylation sites (tertiary alicyclic amines) is 1. The number of amides is 1. The van der Waals surface area contributed by atoms with E-state index in [-0.39, 0.29) is 5.91 Å². The number of aliphatic imine (C=N–C) groups is 1. The molecule has 5 heteroatoms. The average Bonchev–Trinajstić information content (AvgIpc) is 3.01. The Morgan fingerprint density at radius 1 is 1.14 bits per heavy atom. The van der Waals surface area contributed by atoms with Crippen LogP contribution in [0.1, 0.15) is 58.3 Å². The number of hydrogen-bond donors (Lipinski definition) is 2. The number of nitrogens with zero attached hydrogens (tertiary/aromatic N) is 2. The minimum Gasteiger partial charge on any atom is -0.357 e. The summed E-state index contributed by atoms with van der Waals surface area (Å²) in [6, 6.07) is 0.405. The van der Waals surface area contributed by atoms with Crippen LogP contribution >= 0.6 is 0 Å². The maximum absolute atomic E-state index is 12.0. The Kier molecular flexibility index (Phi) is 6.83. The van der Waals surface area contributed by atoms with Crippen molar-refractivity contribution < 1.29 is 4.79 Å². The van der Waals surface area contributed by atoms with E-state index in [1.54, 1.807) is 0 Å². The maximum atomic E-state index is 12.0. The van der Waals surface area contributed by atoms with Crippen molar-refractivity contribution in [3.8, 4) is 0 Å². The van der Waals surface area contributed by atoms with E-state index >= 15 is 0 Å². The van der Waals surface area contributed by atoms with E-state index in [2.05, 4.69) is 27.4 Å². The van der Waals surface area contributed by atoms with E-state index < -0.39 is 0 Å². The van der Waals surface area contributed by atoms with Gasteiger partial charge in [0.15, 0.2) is 5.96 Å². The Morgan fingerprint density at radius 2 is 1.86 bits per heavy atom. The SMILES string of the molecule is CCNC(=NCCC(=O)NC1CCCCC1)N1CCCC1. The van der Waals surface area contributed by atoms with Crippen molar-refractivity contribution in [2.24, 2.45) is 4.99 Å². The first-order chi connectivity index (χ1) is 10.3. The summed E-state index contributed by atoms with van der Waals surface area (Å²) in [5.74, 6) is 1.13. The summed E-state index contributed by atoms with van der Waals surface area (Å²) in [6.45, 7) is 5.71. The van der Waals surface area contributed by atoms with Gasteiger partial charge < -0.3 is 15.5 Å². The second-order valence-electron chi connectivity index (χ2n) is 6.08. The van der Waals surface area contributed by atoms with E-state index in [1.807, 2.05) is 0 Å². The fourth-order valence-corrected chi connectivity index (χ4v) is 3.16. The number of hydrogen-bond acceptors (Lipinski definition) is 2. The molecule has 1 aliphatic heterocycles. The molecule has 1 saturated heterocycles. The molecule has 5 nitrogen and oxygen atoms in total. The second-order valence-corrected chi connectivity index (χ2v) is 6.08. The second kappa shape index (κ2) is 8.90. The highest BCUT2D eigenvalue weighted by atomic mass is 16.1. The molecular weight excluding hydrogens is 264 g/mol. The third kappa shape index (κ3) is 5.56. The molecular formula is C16H30N4O. The number of nitrogens with one attached hydrogen (secondary N) is 2. The van der Waals surface area contributed by atoms with Gasteiger partial charge >= 0.3 is 0 Å². The Hall–Kier alpha value is -1.26. The third-order valence-corrected chi connectivity index (χ3v) is 4.31. The summed E-state index contributed by atoms with van der Waals surface area (Å²) in [7, 11) is 0. The summed E-state index contributed by atoms with van der Waals surface area (Å²) >= 11 is 0. The molecule has 0 aromatic rings. The third-order valence-electron chi connectivity index (χ3n) is 4.31. The molecule has 120 valence electrons. The average molecular weight is 294 g/mol. The molecule has 2 fully saturated rings. The van der Waals surface area contributed by atoms with Gasteiger partial charge in [0.05, 0.1) is 6.54 Å². The van der Waals surface area contributed by atoms with Crippen molar-refractivity contribution in [2.45, 2.75) is 64.3 Å². The molecule has 0 aromatic heterocycles. The van der Waals surface area contributed by atoms with Gasteiger partial charge in [-0.05, 0) is 32.6 Å². The quantitative estimate of drug-likeness (QED) is 0.601. The highest BCUT2D eigenvalue weighted by molar-refractivity contribution is 5.81. The van der Waals surface area contributed by atoms with Crippen LogP contribution in [0.25, 0.3) is 0 Å². The zero-order valence-electron chi connectivity index (χ0n) is 13.4. The summed E-state index contributed by atoms with van der Waals surface area (Å²) in [4.78, 5) is 18.9. The van der Waals surface area contributed by atoms with E-state index in [1.165, 1.54) is 32.1 Å². The first-order valence-corrected chi connectivity index (χ1v) is 8.62. The van der Waals surface area contributed by atoms with Gasteiger partial charge in [-0.1, -0.05) is 19.3 Å². The fourth-order valence-electron chi connectivity index (χ4n) is 3.16. The van der Waals surface area contributed by atoms with Crippen LogP contribution in [-0.2, 0) is 4.79 Å². The molecule has 0 unspecified atom stereocenters. The number of guanidine groups is 1. The standard InChI is InChI=1S/C16H30N4O/c1-2-17-16(20-12-6-7-13-20)18-11-10-15(21)19-14-8-4-3-5-9-14/h14H,2-13H2,1H3,(H,17,18)(H,19,21). The smallest absolute Gasteiger partial charge is 0.222 e. The van der Waals surface area contributed by atoms with Crippen LogP contribution in [0.4, 0.5) is 0 Å². The highest BCUT2D eigenvalue weighted by Crippen LogP contribution is 2.17. The lowest BCUT2D eigenvalue weighted by Crippen LogP contribution is -2.40. The Morgan fingerprint density at radius 3 is 2.52 bits per heavy atom. The Bertz CT molecular complexity index is 344. The summed E-state index contributed by atoms with van der Waals surface area (Å²) in [5, 5.41) is 6.48. The molecule has 21 heavy (non-hydrogen) atoms. The van der Waals surface area contributed by atoms with Crippen LogP contribution in [0.2, 0.25) is 0 Å². The summed E-state index contributed by atoms with van der Waals surface area (Å²) < 4.78 is 0. The van der Waals surface area contributed by atoms with Gasteiger partial charge in [0.1, 0.15) is 0 Å². The maximum Gasteiger partial charge on any atom is 0.222 e. The van der Waals surface area contributed by atoms with Gasteiger partial charge in [-0.3, -0.25) is 9.79 Å². The van der Waals surface area contributed by atoms with E-state index in [9.17, 15) is 4.79 Å². The monoisotopic (exact) mass is 294 g/mol. The van der Waals surface area contributed by atoms with Crippen LogP contribution < -0.4 is 10.6 Å². The van der Waals surface area contributed by atoms with E-state index in [4.69, 9.17) is 0 Å². The van der Waals surface area contributed by atoms with Crippen molar-refractivity contribution in [3.63, 3.8) is 0 Å². The van der Waals surface area contributed by atoms with Gasteiger partial charge in [-0.15, -0.1) is 0 Å². The zero-order valence-corrected chi connectivity index (χ0v) is 13.4. The van der Waals surface area contributed by atoms with E-state index in [0.29, 0.717) is 19.0 Å². The summed E-state index contributed by atoms with van der Waals surface area (Å²) in [5.41, 5.74) is 0. The van der Waals surface area contributed by atoms with Crippen LogP contribution in [0.15, 0.2) is 4.99 Å². The largest absolute Gasteiger partial charge is 0.357 e. The first kappa shape index (κ1) is 16.1. The first-order valence-electron chi connectivity index (χ1n) is 8.62. The minimum absolute atomic E-state index is 0.155. The topological polar surface area (TPSA) is 56.7 Å². The number of rotatable bonds is 5. The molecule has 0 radical (unpaired) electrons. The molecule has 1 saturated carbocycles. The van der Waals surface area contributed by atoms with E-state index in [0.717, 1.165) is 38.4 Å². The van der Waals surface area contributed by atoms with Gasteiger partial charge in [-0.25, -0.2) is 0 Å². The van der Waals surface area contributed by atoms with Crippen molar-refractivity contribution in [1.29, 1.82) is 0 Å². The number of carbonyl (C=O) groups excluding carboxylic acids is 1. The van der Waals surface area contributed by atoms with Gasteiger partial charge in [0.2, 0.25) is 5.91 Å². The molecule has 2 rings (SSSR count). The molecule has 0 atom stereocenters. The van der Waals surface area contributed by atoms with Gasteiger partial charge in [0.25, 0.3) is 0 Å². The highest BCUT2D eigenvalue weighted by Gasteiger charge is 2.17. The van der Waals surface area contributed by atoms with Crippen LogP contribution in [0.5, 0.6) is 0 Å². The lowest BCUT2D eigenvalue weighted by atomic mass is 9.95. The zero-order chi connectivity index (χ0) is 14.9. The summed E-state index contributed by atoms with van der Waals surface area (Å²) in [6.07, 6.45) is 9.10. The van der Waals surface area contributed by atoms with Crippen molar-refractivity contribution >= 4 is 11.9 Å². The molecule has 1 heterocycles. The minimum atomic E-state index is 0.155. The van der Waals surface area contributed by atoms with Crippen molar-refractivity contribution in [1.82, 2.24) is 15.5 Å². The van der Waals surface area contributed by atoms with Crippen LogP contribution in [0.3, 0.4) is 0 Å². The Labute approximate surface area is 128 Å².